The quantitative estimate of drug-likeness (QED) is 0.168. The van der Waals surface area contributed by atoms with Crippen molar-refractivity contribution in [2.75, 3.05) is 0 Å². The number of nitrogens with zero attached hydrogens (tertiary/aromatic N) is 4. The SMILES string of the molecule is c1ccc(-c2ccc(-c3cc(-c4ccc(-n5c6ccccc6c6ccc7c(c8cc9c(cc8n7-c7ccccc7)Oc7ccccc7O9)c65)cc4)nc(-c4ccccc4)n3)cc2)cc1. The first-order valence-corrected chi connectivity index (χ1v) is 21.5. The molecule has 0 spiro atoms. The van der Waals surface area contributed by atoms with E-state index in [2.05, 4.69) is 179 Å². The van der Waals surface area contributed by atoms with Crippen LogP contribution in [0, 0.1) is 0 Å². The van der Waals surface area contributed by atoms with Crippen LogP contribution in [0.25, 0.3) is 100 Å². The fraction of sp³-hybridized carbons (Fsp3) is 0. The van der Waals surface area contributed by atoms with E-state index in [9.17, 15) is 0 Å². The summed E-state index contributed by atoms with van der Waals surface area (Å²) in [6, 6.07) is 76.0. The van der Waals surface area contributed by atoms with Crippen LogP contribution in [0.5, 0.6) is 23.0 Å². The van der Waals surface area contributed by atoms with Crippen molar-refractivity contribution in [3.8, 4) is 79.4 Å². The van der Waals surface area contributed by atoms with Gasteiger partial charge in [-0.05, 0) is 71.8 Å². The van der Waals surface area contributed by atoms with E-state index >= 15 is 0 Å². The standard InChI is InChI=1S/C58H36N4O2/c1-4-14-37(15-5-1)38-24-26-39(27-25-38)47-35-48(60-58(59-47)41-16-6-2-7-17-41)40-28-30-43(31-29-40)62-49-21-11-10-20-44(49)45-32-33-50-56(57(45)62)46-34-54-55(64-53-23-13-12-22-52(53)63-54)36-51(46)61(50)42-18-8-3-9-19-42/h1-36H. The minimum atomic E-state index is 0.684. The van der Waals surface area contributed by atoms with E-state index in [1.165, 1.54) is 16.3 Å². The highest BCUT2D eigenvalue weighted by Gasteiger charge is 2.26. The molecule has 0 saturated heterocycles. The summed E-state index contributed by atoms with van der Waals surface area (Å²) in [6.45, 7) is 0. The molecule has 0 amide bonds. The van der Waals surface area contributed by atoms with Crippen molar-refractivity contribution in [3.05, 3.63) is 218 Å². The molecule has 0 saturated carbocycles. The first kappa shape index (κ1) is 36.0. The van der Waals surface area contributed by atoms with Gasteiger partial charge in [-0.2, -0.15) is 0 Å². The molecule has 0 fully saturated rings. The highest BCUT2D eigenvalue weighted by Crippen LogP contribution is 2.50. The van der Waals surface area contributed by atoms with Gasteiger partial charge >= 0.3 is 0 Å². The molecule has 300 valence electrons. The van der Waals surface area contributed by atoms with Gasteiger partial charge in [0, 0.05) is 55.7 Å². The Labute approximate surface area is 368 Å². The molecule has 6 heteroatoms. The van der Waals surface area contributed by atoms with Crippen molar-refractivity contribution in [1.29, 1.82) is 0 Å². The summed E-state index contributed by atoms with van der Waals surface area (Å²) in [6.07, 6.45) is 0. The smallest absolute Gasteiger partial charge is 0.172 e. The maximum absolute atomic E-state index is 6.54. The Hall–Kier alpha value is -8.74. The van der Waals surface area contributed by atoms with E-state index in [4.69, 9.17) is 19.4 Å². The van der Waals surface area contributed by atoms with Crippen LogP contribution >= 0.6 is 0 Å². The molecule has 9 aromatic carbocycles. The summed E-state index contributed by atoms with van der Waals surface area (Å²) in [7, 11) is 0. The molecule has 0 atom stereocenters. The third kappa shape index (κ3) is 5.81. The van der Waals surface area contributed by atoms with Crippen LogP contribution in [-0.4, -0.2) is 19.1 Å². The number of rotatable bonds is 6. The number of aromatic nitrogens is 4. The van der Waals surface area contributed by atoms with E-state index in [1.807, 2.05) is 48.5 Å². The fourth-order valence-electron chi connectivity index (χ4n) is 9.41. The van der Waals surface area contributed by atoms with Crippen LogP contribution in [-0.2, 0) is 0 Å². The zero-order valence-electron chi connectivity index (χ0n) is 34.4. The lowest BCUT2D eigenvalue weighted by Crippen LogP contribution is -1.99. The average Bonchev–Trinajstić information content (AvgIpc) is 3.88. The van der Waals surface area contributed by atoms with Crippen LogP contribution < -0.4 is 9.47 Å². The Bertz CT molecular complexity index is 3750. The molecule has 6 nitrogen and oxygen atoms in total. The molecule has 0 N–H and O–H groups in total. The predicted octanol–water partition coefficient (Wildman–Crippen LogP) is 15.2. The number of hydrogen-bond donors (Lipinski definition) is 0. The van der Waals surface area contributed by atoms with Crippen LogP contribution in [0.3, 0.4) is 0 Å². The molecular weight excluding hydrogens is 785 g/mol. The lowest BCUT2D eigenvalue weighted by atomic mass is 10.0. The van der Waals surface area contributed by atoms with Crippen molar-refractivity contribution in [3.63, 3.8) is 0 Å². The van der Waals surface area contributed by atoms with E-state index in [0.717, 1.165) is 77.9 Å². The third-order valence-corrected chi connectivity index (χ3v) is 12.4. The largest absolute Gasteiger partial charge is 0.449 e. The molecular formula is C58H36N4O2. The van der Waals surface area contributed by atoms with Crippen molar-refractivity contribution in [2.24, 2.45) is 0 Å². The Kier molecular flexibility index (Phi) is 8.11. The fourth-order valence-corrected chi connectivity index (χ4v) is 9.41. The summed E-state index contributed by atoms with van der Waals surface area (Å²) < 4.78 is 17.8. The van der Waals surface area contributed by atoms with Crippen molar-refractivity contribution >= 4 is 43.6 Å². The predicted molar refractivity (Wildman–Crippen MR) is 259 cm³/mol. The molecule has 1 aliphatic rings. The lowest BCUT2D eigenvalue weighted by molar-refractivity contribution is 0.360. The topological polar surface area (TPSA) is 54.1 Å². The lowest BCUT2D eigenvalue weighted by Gasteiger charge is -2.20. The molecule has 1 aliphatic heterocycles. The molecule has 4 heterocycles. The summed E-state index contributed by atoms with van der Waals surface area (Å²) in [5.74, 6) is 3.46. The maximum atomic E-state index is 6.54. The van der Waals surface area contributed by atoms with Gasteiger partial charge in [0.05, 0.1) is 33.5 Å². The molecule has 12 aromatic rings. The second-order valence-electron chi connectivity index (χ2n) is 16.2. The van der Waals surface area contributed by atoms with Gasteiger partial charge in [0.15, 0.2) is 28.8 Å². The van der Waals surface area contributed by atoms with Crippen LogP contribution in [0.1, 0.15) is 0 Å². The van der Waals surface area contributed by atoms with Crippen LogP contribution in [0.4, 0.5) is 0 Å². The van der Waals surface area contributed by atoms with Crippen molar-refractivity contribution in [2.45, 2.75) is 0 Å². The van der Waals surface area contributed by atoms with E-state index in [0.29, 0.717) is 28.8 Å². The number of benzene rings is 9. The minimum absolute atomic E-state index is 0.684. The molecule has 0 radical (unpaired) electrons. The Morgan fingerprint density at radius 1 is 0.312 bits per heavy atom. The normalized spacial score (nSPS) is 12.0. The van der Waals surface area contributed by atoms with Gasteiger partial charge in [0.2, 0.25) is 0 Å². The van der Waals surface area contributed by atoms with E-state index in [1.54, 1.807) is 0 Å². The summed E-state index contributed by atoms with van der Waals surface area (Å²) in [4.78, 5) is 10.3. The molecule has 3 aromatic heterocycles. The van der Waals surface area contributed by atoms with Gasteiger partial charge in [-0.15, -0.1) is 0 Å². The van der Waals surface area contributed by atoms with Gasteiger partial charge in [-0.3, -0.25) is 0 Å². The average molecular weight is 821 g/mol. The maximum Gasteiger partial charge on any atom is 0.172 e. The molecule has 0 aliphatic carbocycles. The highest BCUT2D eigenvalue weighted by molar-refractivity contribution is 6.26. The summed E-state index contributed by atoms with van der Waals surface area (Å²) in [5.41, 5.74) is 13.6. The number of ether oxygens (including phenoxy) is 2. The molecule has 64 heavy (non-hydrogen) atoms. The number of para-hydroxylation sites is 4. The Morgan fingerprint density at radius 3 is 1.53 bits per heavy atom. The van der Waals surface area contributed by atoms with Crippen LogP contribution in [0.15, 0.2) is 218 Å². The highest BCUT2D eigenvalue weighted by atomic mass is 16.6. The first-order chi connectivity index (χ1) is 31.7. The second kappa shape index (κ2) is 14.4. The minimum Gasteiger partial charge on any atom is -0.449 e. The van der Waals surface area contributed by atoms with Gasteiger partial charge < -0.3 is 18.6 Å². The second-order valence-corrected chi connectivity index (χ2v) is 16.2. The van der Waals surface area contributed by atoms with Crippen LogP contribution in [0.2, 0.25) is 0 Å². The first-order valence-electron chi connectivity index (χ1n) is 21.5. The zero-order valence-corrected chi connectivity index (χ0v) is 34.4. The van der Waals surface area contributed by atoms with E-state index < -0.39 is 0 Å². The third-order valence-electron chi connectivity index (χ3n) is 12.4. The Balaban J connectivity index is 0.993. The molecule has 0 unspecified atom stereocenters. The van der Waals surface area contributed by atoms with Gasteiger partial charge in [-0.1, -0.05) is 152 Å². The summed E-state index contributed by atoms with van der Waals surface area (Å²) >= 11 is 0. The molecule has 0 bridgehead atoms. The monoisotopic (exact) mass is 820 g/mol. The van der Waals surface area contributed by atoms with Gasteiger partial charge in [0.1, 0.15) is 0 Å². The summed E-state index contributed by atoms with van der Waals surface area (Å²) in [5, 5.41) is 4.56. The Morgan fingerprint density at radius 2 is 0.844 bits per heavy atom. The van der Waals surface area contributed by atoms with Gasteiger partial charge in [0.25, 0.3) is 0 Å². The zero-order chi connectivity index (χ0) is 42.1. The molecule has 13 rings (SSSR count). The van der Waals surface area contributed by atoms with Crippen molar-refractivity contribution < 1.29 is 9.47 Å². The van der Waals surface area contributed by atoms with E-state index in [-0.39, 0.29) is 0 Å². The number of hydrogen-bond acceptors (Lipinski definition) is 4. The van der Waals surface area contributed by atoms with Gasteiger partial charge in [-0.25, -0.2) is 9.97 Å². The van der Waals surface area contributed by atoms with Crippen molar-refractivity contribution in [1.82, 2.24) is 19.1 Å². The number of fused-ring (bicyclic) bond motifs is 9.